The van der Waals surface area contributed by atoms with Crippen molar-refractivity contribution in [3.05, 3.63) is 0 Å². The van der Waals surface area contributed by atoms with Crippen molar-refractivity contribution in [3.8, 4) is 0 Å². The highest BCUT2D eigenvalue weighted by Gasteiger charge is 2.11. The van der Waals surface area contributed by atoms with Crippen molar-refractivity contribution in [3.63, 3.8) is 0 Å². The van der Waals surface area contributed by atoms with Gasteiger partial charge >= 0.3 is 0 Å². The molecule has 180 valence electrons. The Labute approximate surface area is 186 Å². The molecule has 0 bridgehead atoms. The Kier molecular flexibility index (Phi) is 23.9. The summed E-state index contributed by atoms with van der Waals surface area (Å²) in [5.41, 5.74) is 10.6. The van der Waals surface area contributed by atoms with Crippen molar-refractivity contribution in [2.24, 2.45) is 17.4 Å². The molecule has 1 aliphatic rings. The van der Waals surface area contributed by atoms with Crippen molar-refractivity contribution in [2.75, 3.05) is 58.9 Å². The van der Waals surface area contributed by atoms with Crippen LogP contribution in [0.1, 0.15) is 77.6 Å². The molecule has 0 heterocycles. The first-order valence-electron chi connectivity index (χ1n) is 12.5. The van der Waals surface area contributed by atoms with Crippen LogP contribution in [-0.4, -0.2) is 64.8 Å². The van der Waals surface area contributed by atoms with E-state index in [9.17, 15) is 4.79 Å². The molecule has 8 N–H and O–H groups in total. The van der Waals surface area contributed by atoms with Gasteiger partial charge in [-0.15, -0.1) is 0 Å². The summed E-state index contributed by atoms with van der Waals surface area (Å²) in [5.74, 6) is 0.911. The molecule has 30 heavy (non-hydrogen) atoms. The van der Waals surface area contributed by atoms with Gasteiger partial charge in [0.1, 0.15) is 0 Å². The fourth-order valence-corrected chi connectivity index (χ4v) is 3.49. The van der Waals surface area contributed by atoms with Crippen LogP contribution in [0.15, 0.2) is 0 Å². The Balaban J connectivity index is 0.000000604. The summed E-state index contributed by atoms with van der Waals surface area (Å²) in [6, 6.07) is 0. The van der Waals surface area contributed by atoms with E-state index < -0.39 is 0 Å². The molecule has 0 unspecified atom stereocenters. The van der Waals surface area contributed by atoms with Gasteiger partial charge in [0, 0.05) is 6.54 Å². The van der Waals surface area contributed by atoms with E-state index in [0.717, 1.165) is 51.5 Å². The lowest BCUT2D eigenvalue weighted by atomic mass is 9.89. The molecule has 0 radical (unpaired) electrons. The van der Waals surface area contributed by atoms with Crippen molar-refractivity contribution in [1.29, 1.82) is 0 Å². The molecular formula is C23H52N6O. The predicted molar refractivity (Wildman–Crippen MR) is 130 cm³/mol. The molecule has 1 fully saturated rings. The van der Waals surface area contributed by atoms with Gasteiger partial charge in [0.25, 0.3) is 0 Å². The van der Waals surface area contributed by atoms with Crippen LogP contribution in [0, 0.1) is 5.92 Å². The predicted octanol–water partition coefficient (Wildman–Crippen LogP) is 1.72. The molecule has 1 aliphatic carbocycles. The number of nitrogens with two attached hydrogens (primary N) is 2. The first-order valence-corrected chi connectivity index (χ1v) is 12.5. The molecule has 0 aromatic carbocycles. The lowest BCUT2D eigenvalue weighted by molar-refractivity contribution is -0.119. The van der Waals surface area contributed by atoms with Gasteiger partial charge in [0.05, 0.1) is 6.54 Å². The van der Waals surface area contributed by atoms with Gasteiger partial charge in [0.15, 0.2) is 0 Å². The zero-order chi connectivity index (χ0) is 22.1. The molecule has 1 amide bonds. The molecule has 7 heteroatoms. The zero-order valence-corrected chi connectivity index (χ0v) is 19.8. The van der Waals surface area contributed by atoms with Crippen LogP contribution in [-0.2, 0) is 4.79 Å². The van der Waals surface area contributed by atoms with Crippen LogP contribution >= 0.6 is 0 Å². The van der Waals surface area contributed by atoms with E-state index in [1.165, 1.54) is 70.9 Å². The van der Waals surface area contributed by atoms with E-state index in [1.807, 2.05) is 0 Å². The standard InChI is InChI=1S/C12H29N5O.C11H23N/c13-5-3-8-15-6-1-2-7-16-9-4-10-17-12(18)11-14;1-2-3-9-12-10-11-7-5-4-6-8-11/h15-16H,1-11,13-14H2,(H,17,18);11-12H,2-10H2,1H3. The number of rotatable bonds is 18. The number of hydrogen-bond donors (Lipinski definition) is 6. The normalized spacial score (nSPS) is 14.2. The third-order valence-corrected chi connectivity index (χ3v) is 5.42. The van der Waals surface area contributed by atoms with E-state index in [0.29, 0.717) is 6.54 Å². The molecule has 0 aromatic rings. The highest BCUT2D eigenvalue weighted by atomic mass is 16.1. The molecule has 7 nitrogen and oxygen atoms in total. The van der Waals surface area contributed by atoms with E-state index in [1.54, 1.807) is 0 Å². The number of amides is 1. The molecule has 1 saturated carbocycles. The van der Waals surface area contributed by atoms with E-state index in [4.69, 9.17) is 11.5 Å². The first-order chi connectivity index (χ1) is 14.7. The smallest absolute Gasteiger partial charge is 0.233 e. The highest BCUT2D eigenvalue weighted by Crippen LogP contribution is 2.22. The number of hydrogen-bond acceptors (Lipinski definition) is 6. The summed E-state index contributed by atoms with van der Waals surface area (Å²) in [4.78, 5) is 10.8. The van der Waals surface area contributed by atoms with E-state index in [2.05, 4.69) is 28.2 Å². The van der Waals surface area contributed by atoms with E-state index >= 15 is 0 Å². The van der Waals surface area contributed by atoms with Gasteiger partial charge in [0.2, 0.25) is 5.91 Å². The Bertz CT molecular complexity index is 351. The Morgan fingerprint density at radius 3 is 1.97 bits per heavy atom. The Hall–Kier alpha value is -0.730. The summed E-state index contributed by atoms with van der Waals surface area (Å²) in [6.45, 7) is 10.3. The minimum atomic E-state index is -0.0847. The second-order valence-electron chi connectivity index (χ2n) is 8.32. The molecule has 0 aromatic heterocycles. The number of carbonyl (C=O) groups is 1. The first kappa shape index (κ1) is 29.3. The van der Waals surface area contributed by atoms with Crippen molar-refractivity contribution in [1.82, 2.24) is 21.3 Å². The second-order valence-corrected chi connectivity index (χ2v) is 8.32. The lowest BCUT2D eigenvalue weighted by Gasteiger charge is -2.21. The van der Waals surface area contributed by atoms with Gasteiger partial charge < -0.3 is 32.7 Å². The molecule has 0 spiro atoms. The Morgan fingerprint density at radius 1 is 0.767 bits per heavy atom. The topological polar surface area (TPSA) is 117 Å². The summed E-state index contributed by atoms with van der Waals surface area (Å²) < 4.78 is 0. The lowest BCUT2D eigenvalue weighted by Crippen LogP contribution is -2.32. The van der Waals surface area contributed by atoms with Gasteiger partial charge in [-0.25, -0.2) is 0 Å². The maximum absolute atomic E-state index is 10.8. The van der Waals surface area contributed by atoms with Crippen LogP contribution in [0.3, 0.4) is 0 Å². The van der Waals surface area contributed by atoms with Crippen molar-refractivity contribution >= 4 is 5.91 Å². The van der Waals surface area contributed by atoms with Gasteiger partial charge in [-0.3, -0.25) is 4.79 Å². The average Bonchev–Trinajstić information content (AvgIpc) is 2.78. The molecule has 1 rings (SSSR count). The summed E-state index contributed by atoms with van der Waals surface area (Å²) in [5, 5.41) is 13.0. The minimum absolute atomic E-state index is 0.0740. The van der Waals surface area contributed by atoms with Crippen LogP contribution in [0.25, 0.3) is 0 Å². The summed E-state index contributed by atoms with van der Waals surface area (Å²) in [6.07, 6.45) is 14.4. The highest BCUT2D eigenvalue weighted by molar-refractivity contribution is 5.77. The van der Waals surface area contributed by atoms with Crippen LogP contribution < -0.4 is 32.7 Å². The molecule has 0 aliphatic heterocycles. The van der Waals surface area contributed by atoms with Gasteiger partial charge in [-0.1, -0.05) is 32.6 Å². The maximum atomic E-state index is 10.8. The van der Waals surface area contributed by atoms with E-state index in [-0.39, 0.29) is 12.5 Å². The van der Waals surface area contributed by atoms with Crippen LogP contribution in [0.2, 0.25) is 0 Å². The third-order valence-electron chi connectivity index (χ3n) is 5.42. The van der Waals surface area contributed by atoms with Crippen LogP contribution in [0.4, 0.5) is 0 Å². The fraction of sp³-hybridized carbons (Fsp3) is 0.957. The van der Waals surface area contributed by atoms with Gasteiger partial charge in [-0.2, -0.15) is 0 Å². The summed E-state index contributed by atoms with van der Waals surface area (Å²) >= 11 is 0. The molecular weight excluding hydrogens is 376 g/mol. The van der Waals surface area contributed by atoms with Crippen molar-refractivity contribution in [2.45, 2.75) is 77.6 Å². The quantitative estimate of drug-likeness (QED) is 0.185. The van der Waals surface area contributed by atoms with Crippen LogP contribution in [0.5, 0.6) is 0 Å². The fourth-order valence-electron chi connectivity index (χ4n) is 3.49. The van der Waals surface area contributed by atoms with Gasteiger partial charge in [-0.05, 0) is 96.7 Å². The SMILES string of the molecule is CCCCNCC1CCCCC1.NCCCNCCCCNCCCNC(=O)CN. The monoisotopic (exact) mass is 428 g/mol. The zero-order valence-electron chi connectivity index (χ0n) is 19.8. The minimum Gasteiger partial charge on any atom is -0.355 e. The molecule has 0 saturated heterocycles. The number of carbonyl (C=O) groups excluding carboxylic acids is 1. The Morgan fingerprint density at radius 2 is 1.37 bits per heavy atom. The molecule has 0 atom stereocenters. The maximum Gasteiger partial charge on any atom is 0.233 e. The number of unbranched alkanes of at least 4 members (excludes halogenated alkanes) is 2. The third kappa shape index (κ3) is 22.0. The summed E-state index contributed by atoms with van der Waals surface area (Å²) in [7, 11) is 0. The van der Waals surface area contributed by atoms with Crippen molar-refractivity contribution < 1.29 is 4.79 Å². The largest absolute Gasteiger partial charge is 0.355 e. The number of nitrogens with one attached hydrogen (secondary N) is 4. The second kappa shape index (κ2) is 24.5. The average molecular weight is 429 g/mol.